The number of nitrogens with zero attached hydrogens (tertiary/aromatic N) is 3. The quantitative estimate of drug-likeness (QED) is 0.771. The molecule has 1 N–H and O–H groups in total. The first kappa shape index (κ1) is 16.8. The molecule has 128 valence electrons. The number of hydrogen-bond donors (Lipinski definition) is 1. The van der Waals surface area contributed by atoms with E-state index in [4.69, 9.17) is 9.68 Å². The lowest BCUT2D eigenvalue weighted by atomic mass is 10.0. The SMILES string of the molecule is Cc1cc(NC(=O)Cc2coc3c(C)c(C)ccc23)n(CCC#N)n1. The molecular weight excluding hydrogens is 316 g/mol. The van der Waals surface area contributed by atoms with Crippen LogP contribution in [0.1, 0.15) is 28.8 Å². The summed E-state index contributed by atoms with van der Waals surface area (Å²) in [6.07, 6.45) is 2.21. The van der Waals surface area contributed by atoms with E-state index in [1.165, 1.54) is 0 Å². The van der Waals surface area contributed by atoms with E-state index in [1.54, 1.807) is 17.0 Å². The number of fused-ring (bicyclic) bond motifs is 1. The summed E-state index contributed by atoms with van der Waals surface area (Å²) in [7, 11) is 0. The van der Waals surface area contributed by atoms with Gasteiger partial charge in [-0.05, 0) is 31.9 Å². The van der Waals surface area contributed by atoms with Crippen molar-refractivity contribution in [2.45, 2.75) is 40.2 Å². The largest absolute Gasteiger partial charge is 0.464 e. The lowest BCUT2D eigenvalue weighted by Gasteiger charge is -2.07. The fraction of sp³-hybridized carbons (Fsp3) is 0.316. The number of carbonyl (C=O) groups is 1. The van der Waals surface area contributed by atoms with Gasteiger partial charge in [-0.25, -0.2) is 4.68 Å². The van der Waals surface area contributed by atoms with Gasteiger partial charge in [0.05, 0.1) is 37.4 Å². The Morgan fingerprint density at radius 3 is 2.92 bits per heavy atom. The van der Waals surface area contributed by atoms with Crippen LogP contribution in [-0.2, 0) is 17.8 Å². The van der Waals surface area contributed by atoms with Crippen LogP contribution in [0.15, 0.2) is 28.9 Å². The van der Waals surface area contributed by atoms with Gasteiger partial charge in [0.2, 0.25) is 5.91 Å². The molecule has 0 bridgehead atoms. The van der Waals surface area contributed by atoms with Crippen molar-refractivity contribution < 1.29 is 9.21 Å². The molecule has 3 rings (SSSR count). The Bertz CT molecular complexity index is 975. The van der Waals surface area contributed by atoms with Crippen LogP contribution in [0.4, 0.5) is 5.82 Å². The minimum absolute atomic E-state index is 0.140. The molecule has 1 amide bonds. The van der Waals surface area contributed by atoms with Gasteiger partial charge in [-0.1, -0.05) is 12.1 Å². The molecule has 0 spiro atoms. The summed E-state index contributed by atoms with van der Waals surface area (Å²) in [5, 5.41) is 16.9. The molecule has 0 fully saturated rings. The zero-order valence-corrected chi connectivity index (χ0v) is 14.6. The van der Waals surface area contributed by atoms with Crippen LogP contribution in [0.5, 0.6) is 0 Å². The molecule has 3 aromatic rings. The summed E-state index contributed by atoms with van der Waals surface area (Å²) in [5.74, 6) is 0.469. The zero-order chi connectivity index (χ0) is 18.0. The van der Waals surface area contributed by atoms with Gasteiger partial charge < -0.3 is 9.73 Å². The van der Waals surface area contributed by atoms with Crippen molar-refractivity contribution in [1.82, 2.24) is 9.78 Å². The fourth-order valence-electron chi connectivity index (χ4n) is 2.86. The zero-order valence-electron chi connectivity index (χ0n) is 14.6. The van der Waals surface area contributed by atoms with E-state index in [-0.39, 0.29) is 12.3 Å². The summed E-state index contributed by atoms with van der Waals surface area (Å²) in [6, 6.07) is 7.92. The summed E-state index contributed by atoms with van der Waals surface area (Å²) < 4.78 is 7.31. The Morgan fingerprint density at radius 2 is 2.16 bits per heavy atom. The number of aromatic nitrogens is 2. The van der Waals surface area contributed by atoms with E-state index in [1.807, 2.05) is 32.9 Å². The van der Waals surface area contributed by atoms with E-state index >= 15 is 0 Å². The van der Waals surface area contributed by atoms with E-state index in [0.29, 0.717) is 18.8 Å². The number of rotatable bonds is 5. The van der Waals surface area contributed by atoms with Crippen LogP contribution >= 0.6 is 0 Å². The fourth-order valence-corrected chi connectivity index (χ4v) is 2.86. The average molecular weight is 336 g/mol. The first-order valence-electron chi connectivity index (χ1n) is 8.17. The van der Waals surface area contributed by atoms with Crippen LogP contribution in [-0.4, -0.2) is 15.7 Å². The van der Waals surface area contributed by atoms with Gasteiger partial charge in [-0.3, -0.25) is 4.79 Å². The minimum Gasteiger partial charge on any atom is -0.464 e. The van der Waals surface area contributed by atoms with Crippen molar-refractivity contribution in [1.29, 1.82) is 5.26 Å². The second-order valence-corrected chi connectivity index (χ2v) is 6.17. The summed E-state index contributed by atoms with van der Waals surface area (Å²) in [6.45, 7) is 6.36. The minimum atomic E-state index is -0.140. The Balaban J connectivity index is 1.78. The third-order valence-corrected chi connectivity index (χ3v) is 4.30. The Morgan fingerprint density at radius 1 is 1.36 bits per heavy atom. The maximum Gasteiger partial charge on any atom is 0.230 e. The van der Waals surface area contributed by atoms with Crippen LogP contribution in [0, 0.1) is 32.1 Å². The predicted molar refractivity (Wildman–Crippen MR) is 95.2 cm³/mol. The summed E-state index contributed by atoms with van der Waals surface area (Å²) in [5.41, 5.74) is 4.74. The van der Waals surface area contributed by atoms with Gasteiger partial charge in [-0.2, -0.15) is 10.4 Å². The molecule has 0 aliphatic rings. The van der Waals surface area contributed by atoms with Crippen molar-refractivity contribution in [3.05, 3.63) is 46.8 Å². The molecule has 0 aliphatic carbocycles. The van der Waals surface area contributed by atoms with Crippen molar-refractivity contribution in [3.8, 4) is 6.07 Å². The normalized spacial score (nSPS) is 10.8. The number of anilines is 1. The Kier molecular flexibility index (Phi) is 4.57. The summed E-state index contributed by atoms with van der Waals surface area (Å²) >= 11 is 0. The van der Waals surface area contributed by atoms with Crippen molar-refractivity contribution >= 4 is 22.7 Å². The van der Waals surface area contributed by atoms with Crippen LogP contribution < -0.4 is 5.32 Å². The number of hydrogen-bond acceptors (Lipinski definition) is 4. The highest BCUT2D eigenvalue weighted by molar-refractivity contribution is 5.95. The molecule has 0 saturated carbocycles. The number of nitrogens with one attached hydrogen (secondary N) is 1. The lowest BCUT2D eigenvalue weighted by molar-refractivity contribution is -0.115. The number of aryl methyl sites for hydroxylation is 4. The maximum atomic E-state index is 12.5. The van der Waals surface area contributed by atoms with Gasteiger partial charge in [0, 0.05) is 17.0 Å². The molecule has 6 nitrogen and oxygen atoms in total. The van der Waals surface area contributed by atoms with Crippen LogP contribution in [0.3, 0.4) is 0 Å². The molecular formula is C19H20N4O2. The number of carbonyl (C=O) groups excluding carboxylic acids is 1. The smallest absolute Gasteiger partial charge is 0.230 e. The average Bonchev–Trinajstić information content (AvgIpc) is 3.13. The number of amides is 1. The van der Waals surface area contributed by atoms with Crippen LogP contribution in [0.2, 0.25) is 0 Å². The Hall–Kier alpha value is -3.07. The highest BCUT2D eigenvalue weighted by Gasteiger charge is 2.14. The molecule has 0 atom stereocenters. The molecule has 0 saturated heterocycles. The first-order chi connectivity index (χ1) is 12.0. The molecule has 2 aromatic heterocycles. The standard InChI is InChI=1S/C19H20N4O2/c1-12-5-6-16-15(11-25-19(16)14(12)3)10-18(24)21-17-9-13(2)22-23(17)8-4-7-20/h5-6,9,11H,4,8,10H2,1-3H3,(H,21,24). The molecule has 25 heavy (non-hydrogen) atoms. The monoisotopic (exact) mass is 336 g/mol. The molecule has 2 heterocycles. The lowest BCUT2D eigenvalue weighted by Crippen LogP contribution is -2.17. The van der Waals surface area contributed by atoms with E-state index < -0.39 is 0 Å². The second kappa shape index (κ2) is 6.81. The molecule has 6 heteroatoms. The molecule has 0 aliphatic heterocycles. The van der Waals surface area contributed by atoms with E-state index in [2.05, 4.69) is 16.5 Å². The first-order valence-corrected chi connectivity index (χ1v) is 8.17. The predicted octanol–water partition coefficient (Wildman–Crippen LogP) is 3.65. The van der Waals surface area contributed by atoms with Crippen LogP contribution in [0.25, 0.3) is 11.0 Å². The number of furan rings is 1. The van der Waals surface area contributed by atoms with Gasteiger partial charge in [-0.15, -0.1) is 0 Å². The van der Waals surface area contributed by atoms with Crippen molar-refractivity contribution in [3.63, 3.8) is 0 Å². The number of nitriles is 1. The second-order valence-electron chi connectivity index (χ2n) is 6.17. The van der Waals surface area contributed by atoms with Crippen molar-refractivity contribution in [2.24, 2.45) is 0 Å². The van der Waals surface area contributed by atoms with E-state index in [0.717, 1.165) is 33.4 Å². The van der Waals surface area contributed by atoms with Gasteiger partial charge in [0.15, 0.2) is 0 Å². The third kappa shape index (κ3) is 3.41. The molecule has 0 radical (unpaired) electrons. The Labute approximate surface area is 146 Å². The highest BCUT2D eigenvalue weighted by Crippen LogP contribution is 2.27. The molecule has 0 unspecified atom stereocenters. The molecule has 1 aromatic carbocycles. The van der Waals surface area contributed by atoms with Gasteiger partial charge >= 0.3 is 0 Å². The number of benzene rings is 1. The highest BCUT2D eigenvalue weighted by atomic mass is 16.3. The topological polar surface area (TPSA) is 83.9 Å². The third-order valence-electron chi connectivity index (χ3n) is 4.30. The maximum absolute atomic E-state index is 12.5. The summed E-state index contributed by atoms with van der Waals surface area (Å²) in [4.78, 5) is 12.5. The van der Waals surface area contributed by atoms with Crippen molar-refractivity contribution in [2.75, 3.05) is 5.32 Å². The van der Waals surface area contributed by atoms with E-state index in [9.17, 15) is 4.79 Å². The van der Waals surface area contributed by atoms with Gasteiger partial charge in [0.1, 0.15) is 11.4 Å². The van der Waals surface area contributed by atoms with Gasteiger partial charge in [0.25, 0.3) is 0 Å².